The molecule has 0 aliphatic rings. The standard InChI is InChI=1S/CH7ISi2/c2-4-1-3/h1,4H2,3H3. The zero-order valence-electron chi connectivity index (χ0n) is 2.79. The third-order valence-corrected chi connectivity index (χ3v) is 11.4. The fourth-order valence-corrected chi connectivity index (χ4v) is 0. The Morgan fingerprint density at radius 3 is 2.25 bits per heavy atom. The molecular weight excluding hydrogens is 195 g/mol. The molecule has 0 aliphatic carbocycles. The van der Waals surface area contributed by atoms with E-state index in [1.165, 1.54) is 10.2 Å². The Bertz CT molecular complexity index is 8.00. The van der Waals surface area contributed by atoms with Crippen molar-refractivity contribution >= 4 is 39.1 Å². The largest absolute Gasteiger partial charge is 0.128 e. The minimum Gasteiger partial charge on any atom is -0.128 e. The van der Waals surface area contributed by atoms with Gasteiger partial charge in [-0.05, 0) is 0 Å². The Balaban J connectivity index is 1.97. The van der Waals surface area contributed by atoms with Crippen LogP contribution in [0.5, 0.6) is 0 Å². The van der Waals surface area contributed by atoms with Gasteiger partial charge in [0, 0.05) is 10.2 Å². The maximum atomic E-state index is 2.53. The van der Waals surface area contributed by atoms with Gasteiger partial charge in [0.2, 0.25) is 0 Å². The van der Waals surface area contributed by atoms with E-state index >= 15 is 0 Å². The van der Waals surface area contributed by atoms with E-state index in [4.69, 9.17) is 0 Å². The molecule has 0 bridgehead atoms. The molecule has 0 aromatic carbocycles. The van der Waals surface area contributed by atoms with Crippen LogP contribution in [0.4, 0.5) is 0 Å². The smallest absolute Gasteiger partial charge is 0.0904 e. The Morgan fingerprint density at radius 1 is 2.00 bits per heavy atom. The van der Waals surface area contributed by atoms with Crippen molar-refractivity contribution in [2.24, 2.45) is 0 Å². The summed E-state index contributed by atoms with van der Waals surface area (Å²) in [5.41, 5.74) is 1.58. The highest BCUT2D eigenvalue weighted by atomic mass is 127. The van der Waals surface area contributed by atoms with E-state index in [2.05, 4.69) is 21.8 Å². The topological polar surface area (TPSA) is 0 Å². The van der Waals surface area contributed by atoms with Crippen LogP contribution in [0.2, 0.25) is 5.67 Å². The quantitative estimate of drug-likeness (QED) is 0.298. The van der Waals surface area contributed by atoms with Crippen LogP contribution >= 0.6 is 21.8 Å². The maximum absolute atomic E-state index is 2.53. The van der Waals surface area contributed by atoms with Crippen LogP contribution in [0.3, 0.4) is 0 Å². The highest BCUT2D eigenvalue weighted by Crippen LogP contribution is 1.74. The second-order valence-corrected chi connectivity index (χ2v) is 8.30. The van der Waals surface area contributed by atoms with Crippen LogP contribution < -0.4 is 0 Å². The van der Waals surface area contributed by atoms with Gasteiger partial charge in [-0.25, -0.2) is 0 Å². The van der Waals surface area contributed by atoms with Gasteiger partial charge in [-0.1, -0.05) is 5.67 Å². The lowest BCUT2D eigenvalue weighted by molar-refractivity contribution is 2.13. The average Bonchev–Trinajstić information content (AvgIpc) is 1.37. The van der Waals surface area contributed by atoms with E-state index in [9.17, 15) is 0 Å². The Morgan fingerprint density at radius 2 is 2.25 bits per heavy atom. The van der Waals surface area contributed by atoms with E-state index in [1.54, 1.807) is 5.67 Å². The van der Waals surface area contributed by atoms with Crippen LogP contribution in [0, 0.1) is 0 Å². The Hall–Kier alpha value is 1.16. The summed E-state index contributed by atoms with van der Waals surface area (Å²) in [7, 11) is 1.90. The van der Waals surface area contributed by atoms with Gasteiger partial charge in [0.15, 0.2) is 0 Å². The summed E-state index contributed by atoms with van der Waals surface area (Å²) in [5.74, 6) is 0. The molecule has 3 heteroatoms. The molecule has 0 amide bonds. The molecule has 0 spiro atoms. The van der Waals surface area contributed by atoms with Crippen molar-refractivity contribution in [3.63, 3.8) is 0 Å². The van der Waals surface area contributed by atoms with E-state index in [-0.39, 0.29) is 0 Å². The molecule has 0 nitrogen and oxygen atoms in total. The van der Waals surface area contributed by atoms with Gasteiger partial charge in [0.1, 0.15) is 0 Å². The summed E-state index contributed by atoms with van der Waals surface area (Å²) < 4.78 is 0. The zero-order chi connectivity index (χ0) is 3.41. The van der Waals surface area contributed by atoms with Gasteiger partial charge in [-0.15, -0.1) is 21.8 Å². The first-order valence-electron chi connectivity index (χ1n) is 1.47. The first-order valence-corrected chi connectivity index (χ1v) is 9.00. The molecule has 0 aliphatic heterocycles. The number of hydrogen-bond acceptors (Lipinski definition) is 0. The molecule has 0 rings (SSSR count). The fourth-order valence-electron chi connectivity index (χ4n) is 0. The highest BCUT2D eigenvalue weighted by Gasteiger charge is 1.61. The fraction of sp³-hybridized carbons (Fsp3) is 1.00. The number of hydrogen-bond donors (Lipinski definition) is 0. The summed E-state index contributed by atoms with van der Waals surface area (Å²) in [6.45, 7) is 0. The molecular formula is CH7ISi2. The van der Waals surface area contributed by atoms with Crippen LogP contribution in [0.1, 0.15) is 0 Å². The summed E-state index contributed by atoms with van der Waals surface area (Å²) >= 11 is 2.53. The molecule has 4 heavy (non-hydrogen) atoms. The van der Waals surface area contributed by atoms with E-state index in [0.717, 1.165) is 0 Å². The molecule has 0 radical (unpaired) electrons. The van der Waals surface area contributed by atoms with Crippen molar-refractivity contribution < 1.29 is 0 Å². The normalized spacial score (nSPS) is 11.2. The van der Waals surface area contributed by atoms with E-state index in [1.807, 2.05) is 0 Å². The first kappa shape index (κ1) is 5.16. The maximum Gasteiger partial charge on any atom is 0.0904 e. The van der Waals surface area contributed by atoms with Gasteiger partial charge in [0.05, 0.1) is 7.02 Å². The van der Waals surface area contributed by atoms with Gasteiger partial charge in [-0.3, -0.25) is 0 Å². The van der Waals surface area contributed by atoms with Crippen molar-refractivity contribution in [2.75, 3.05) is 0 Å². The Labute approximate surface area is 44.8 Å². The van der Waals surface area contributed by atoms with Crippen molar-refractivity contribution in [1.29, 1.82) is 0 Å². The third kappa shape index (κ3) is 3.16. The molecule has 0 atom stereocenters. The average molecular weight is 202 g/mol. The van der Waals surface area contributed by atoms with Crippen LogP contribution in [-0.2, 0) is 0 Å². The summed E-state index contributed by atoms with van der Waals surface area (Å²) in [6, 6.07) is 0. The first-order chi connectivity index (χ1) is 1.91. The summed E-state index contributed by atoms with van der Waals surface area (Å²) in [5, 5.41) is 0. The predicted molar refractivity (Wildman–Crippen MR) is 37.3 cm³/mol. The Kier molecular flexibility index (Phi) is 5.38. The minimum atomic E-state index is 0.456. The van der Waals surface area contributed by atoms with Crippen LogP contribution in [-0.4, -0.2) is 17.3 Å². The summed E-state index contributed by atoms with van der Waals surface area (Å²) in [6.07, 6.45) is 0. The third-order valence-electron chi connectivity index (χ3n) is 0.189. The van der Waals surface area contributed by atoms with Gasteiger partial charge >= 0.3 is 0 Å². The van der Waals surface area contributed by atoms with Crippen molar-refractivity contribution in [3.05, 3.63) is 0 Å². The van der Waals surface area contributed by atoms with Crippen LogP contribution in [0.15, 0.2) is 0 Å². The van der Waals surface area contributed by atoms with Crippen molar-refractivity contribution in [2.45, 2.75) is 5.67 Å². The van der Waals surface area contributed by atoms with Crippen LogP contribution in [0.25, 0.3) is 0 Å². The summed E-state index contributed by atoms with van der Waals surface area (Å²) in [4.78, 5) is 0. The molecule has 0 unspecified atom stereocenters. The van der Waals surface area contributed by atoms with E-state index < -0.39 is 0 Å². The highest BCUT2D eigenvalue weighted by molar-refractivity contribution is 14.1. The second-order valence-electron chi connectivity index (χ2n) is 0.689. The molecule has 0 N–H and O–H groups in total. The molecule has 26 valence electrons. The van der Waals surface area contributed by atoms with Crippen molar-refractivity contribution in [3.8, 4) is 0 Å². The molecule has 0 saturated carbocycles. The molecule has 0 saturated heterocycles. The minimum absolute atomic E-state index is 0.456. The lowest BCUT2D eigenvalue weighted by atomic mass is 11.9. The lowest BCUT2D eigenvalue weighted by Crippen LogP contribution is -1.67. The zero-order valence-corrected chi connectivity index (χ0v) is 8.36. The van der Waals surface area contributed by atoms with Gasteiger partial charge < -0.3 is 0 Å². The monoisotopic (exact) mass is 202 g/mol. The van der Waals surface area contributed by atoms with Crippen molar-refractivity contribution in [1.82, 2.24) is 0 Å². The second kappa shape index (κ2) is 4.16. The molecule has 0 aromatic heterocycles. The molecule has 0 heterocycles. The number of rotatable bonds is 1. The van der Waals surface area contributed by atoms with E-state index in [0.29, 0.717) is 7.02 Å². The lowest BCUT2D eigenvalue weighted by Gasteiger charge is -1.63. The van der Waals surface area contributed by atoms with Gasteiger partial charge in [-0.2, -0.15) is 0 Å². The molecule has 0 aromatic rings. The molecule has 0 fully saturated rings. The van der Waals surface area contributed by atoms with Gasteiger partial charge in [0.25, 0.3) is 0 Å². The number of halogens is 1. The SMILES string of the molecule is [SiH3]C[SiH2]I. The predicted octanol–water partition coefficient (Wildman–Crippen LogP) is -0.754.